The molecule has 0 spiro atoms. The molecule has 7 nitrogen and oxygen atoms in total. The number of nitrogen functional groups attached to an aromatic ring is 1. The molecule has 7 heteroatoms. The highest BCUT2D eigenvalue weighted by atomic mass is 16.2. The van der Waals surface area contributed by atoms with Gasteiger partial charge in [0.1, 0.15) is 11.4 Å². The van der Waals surface area contributed by atoms with Crippen LogP contribution in [0.4, 0.5) is 5.69 Å². The van der Waals surface area contributed by atoms with Crippen molar-refractivity contribution < 1.29 is 4.79 Å². The summed E-state index contributed by atoms with van der Waals surface area (Å²) in [6.45, 7) is 2.07. The lowest BCUT2D eigenvalue weighted by atomic mass is 9.94. The molecule has 0 unspecified atom stereocenters. The van der Waals surface area contributed by atoms with Crippen LogP contribution in [0.1, 0.15) is 46.8 Å². The van der Waals surface area contributed by atoms with Crippen LogP contribution >= 0.6 is 0 Å². The van der Waals surface area contributed by atoms with E-state index in [-0.39, 0.29) is 17.4 Å². The number of carbonyl (C=O) groups is 1. The van der Waals surface area contributed by atoms with E-state index in [0.717, 1.165) is 19.3 Å². The first-order valence-corrected chi connectivity index (χ1v) is 10.0. The van der Waals surface area contributed by atoms with E-state index < -0.39 is 17.2 Å². The average Bonchev–Trinajstić information content (AvgIpc) is 3.20. The van der Waals surface area contributed by atoms with E-state index >= 15 is 0 Å². The lowest BCUT2D eigenvalue weighted by Gasteiger charge is -2.14. The van der Waals surface area contributed by atoms with Crippen molar-refractivity contribution in [2.45, 2.75) is 38.1 Å². The summed E-state index contributed by atoms with van der Waals surface area (Å²) in [6.07, 6.45) is 2.57. The summed E-state index contributed by atoms with van der Waals surface area (Å²) in [5.41, 5.74) is 8.50. The summed E-state index contributed by atoms with van der Waals surface area (Å²) in [7, 11) is 0. The second-order valence-electron chi connectivity index (χ2n) is 7.87. The van der Waals surface area contributed by atoms with Gasteiger partial charge in [0.15, 0.2) is 0 Å². The lowest BCUT2D eigenvalue weighted by molar-refractivity contribution is 0.0933. The zero-order chi connectivity index (χ0) is 21.3. The normalized spacial score (nSPS) is 18.3. The van der Waals surface area contributed by atoms with E-state index in [1.54, 1.807) is 0 Å². The molecule has 154 valence electrons. The molecular weight excluding hydrogens is 380 g/mol. The van der Waals surface area contributed by atoms with Gasteiger partial charge >= 0.3 is 5.69 Å². The summed E-state index contributed by atoms with van der Waals surface area (Å²) in [4.78, 5) is 39.8. The second kappa shape index (κ2) is 8.02. The van der Waals surface area contributed by atoms with Gasteiger partial charge in [0.25, 0.3) is 11.5 Å². The van der Waals surface area contributed by atoms with Gasteiger partial charge in [0.05, 0.1) is 0 Å². The number of hydrogen-bond donors (Lipinski definition) is 4. The molecule has 1 heterocycles. The zero-order valence-corrected chi connectivity index (χ0v) is 16.7. The zero-order valence-electron chi connectivity index (χ0n) is 16.7. The number of nitrogens with two attached hydrogens (primary N) is 1. The number of H-pyrrole nitrogens is 2. The Bertz CT molecular complexity index is 1180. The number of aromatic nitrogens is 2. The number of benzene rings is 2. The Labute approximate surface area is 173 Å². The topological polar surface area (TPSA) is 121 Å². The maximum absolute atomic E-state index is 12.5. The fraction of sp³-hybridized carbons (Fsp3) is 0.261. The summed E-state index contributed by atoms with van der Waals surface area (Å²) >= 11 is 0. The maximum atomic E-state index is 12.5. The van der Waals surface area contributed by atoms with Crippen molar-refractivity contribution in [3.05, 3.63) is 86.2 Å². The van der Waals surface area contributed by atoms with Crippen molar-refractivity contribution in [2.24, 2.45) is 0 Å². The van der Waals surface area contributed by atoms with Crippen molar-refractivity contribution in [3.8, 4) is 11.1 Å². The molecule has 0 saturated heterocycles. The molecule has 4 rings (SSSR count). The number of carbonyl (C=O) groups excluding carboxylic acids is 1. The van der Waals surface area contributed by atoms with Gasteiger partial charge in [-0.25, -0.2) is 4.79 Å². The average molecular weight is 404 g/mol. The summed E-state index contributed by atoms with van der Waals surface area (Å²) < 4.78 is 0. The Hall–Kier alpha value is -3.61. The van der Waals surface area contributed by atoms with Crippen molar-refractivity contribution in [1.29, 1.82) is 0 Å². The van der Waals surface area contributed by atoms with E-state index in [9.17, 15) is 14.4 Å². The van der Waals surface area contributed by atoms with Crippen LogP contribution in [0.5, 0.6) is 0 Å². The third-order valence-electron chi connectivity index (χ3n) is 5.74. The minimum atomic E-state index is -0.762. The van der Waals surface area contributed by atoms with Gasteiger partial charge in [0, 0.05) is 6.04 Å². The number of amides is 1. The van der Waals surface area contributed by atoms with Crippen LogP contribution in [0, 0.1) is 6.92 Å². The van der Waals surface area contributed by atoms with Gasteiger partial charge in [-0.3, -0.25) is 14.6 Å². The predicted octanol–water partition coefficient (Wildman–Crippen LogP) is 2.69. The monoisotopic (exact) mass is 404 g/mol. The molecule has 2 atom stereocenters. The molecule has 2 aromatic carbocycles. The molecule has 30 heavy (non-hydrogen) atoms. The first-order chi connectivity index (χ1) is 14.4. The fourth-order valence-electron chi connectivity index (χ4n) is 4.04. The van der Waals surface area contributed by atoms with E-state index in [1.807, 2.05) is 4.98 Å². The number of anilines is 1. The molecule has 3 aromatic rings. The van der Waals surface area contributed by atoms with Crippen LogP contribution in [0.2, 0.25) is 0 Å². The Morgan fingerprint density at radius 3 is 2.27 bits per heavy atom. The summed E-state index contributed by atoms with van der Waals surface area (Å²) in [5.74, 6) is -0.186. The van der Waals surface area contributed by atoms with Gasteiger partial charge in [0.2, 0.25) is 0 Å². The molecule has 0 bridgehead atoms. The third kappa shape index (κ3) is 4.05. The quantitative estimate of drug-likeness (QED) is 0.534. The van der Waals surface area contributed by atoms with Crippen LogP contribution < -0.4 is 22.3 Å². The molecule has 0 radical (unpaired) electrons. The molecule has 1 aliphatic rings. The Kier molecular flexibility index (Phi) is 5.27. The molecule has 1 amide bonds. The van der Waals surface area contributed by atoms with E-state index in [0.29, 0.717) is 5.92 Å². The number of nitrogens with one attached hydrogen (secondary N) is 3. The number of hydrogen-bond acceptors (Lipinski definition) is 4. The Balaban J connectivity index is 1.42. The van der Waals surface area contributed by atoms with Crippen molar-refractivity contribution in [3.63, 3.8) is 0 Å². The standard InChI is InChI=1S/C23H24N4O3/c1-13-2-4-14(5-3-13)15-6-8-16(9-7-15)17-10-11-18(12-17)25-22(29)20-19(24)21(28)27-23(30)26-20/h2-9,17-18H,10-12,24H2,1H3,(H,25,29)(H2,26,27,28,30)/t17-,18+/m1/s1. The minimum absolute atomic E-state index is 0.0403. The van der Waals surface area contributed by atoms with Crippen molar-refractivity contribution in [1.82, 2.24) is 15.3 Å². The molecule has 5 N–H and O–H groups in total. The second-order valence-corrected chi connectivity index (χ2v) is 7.87. The SMILES string of the molecule is Cc1ccc(-c2ccc([C@@H]3CC[C@H](NC(=O)c4[nH]c(=O)[nH]c(=O)c4N)C3)cc2)cc1. The van der Waals surface area contributed by atoms with Gasteiger partial charge in [-0.1, -0.05) is 54.1 Å². The summed E-state index contributed by atoms with van der Waals surface area (Å²) in [5, 5.41) is 2.89. The highest BCUT2D eigenvalue weighted by Crippen LogP contribution is 2.35. The van der Waals surface area contributed by atoms with Crippen LogP contribution in [-0.2, 0) is 0 Å². The smallest absolute Gasteiger partial charge is 0.326 e. The van der Waals surface area contributed by atoms with Crippen molar-refractivity contribution >= 4 is 11.6 Å². The highest BCUT2D eigenvalue weighted by Gasteiger charge is 2.28. The van der Waals surface area contributed by atoms with E-state index in [1.165, 1.54) is 22.3 Å². The van der Waals surface area contributed by atoms with Crippen molar-refractivity contribution in [2.75, 3.05) is 5.73 Å². The van der Waals surface area contributed by atoms with Crippen LogP contribution in [0.25, 0.3) is 11.1 Å². The molecule has 1 fully saturated rings. The molecule has 0 aliphatic heterocycles. The van der Waals surface area contributed by atoms with E-state index in [4.69, 9.17) is 5.73 Å². The third-order valence-corrected chi connectivity index (χ3v) is 5.74. The maximum Gasteiger partial charge on any atom is 0.326 e. The summed E-state index contributed by atoms with van der Waals surface area (Å²) in [6, 6.07) is 17.0. The van der Waals surface area contributed by atoms with Crippen LogP contribution in [-0.4, -0.2) is 21.9 Å². The van der Waals surface area contributed by atoms with Gasteiger partial charge in [-0.05, 0) is 48.8 Å². The molecule has 1 saturated carbocycles. The van der Waals surface area contributed by atoms with Crippen LogP contribution in [0.3, 0.4) is 0 Å². The Morgan fingerprint density at radius 2 is 1.60 bits per heavy atom. The lowest BCUT2D eigenvalue weighted by Crippen LogP contribution is -2.37. The molecular formula is C23H24N4O3. The number of aryl methyl sites for hydroxylation is 1. The predicted molar refractivity (Wildman–Crippen MR) is 117 cm³/mol. The fourth-order valence-corrected chi connectivity index (χ4v) is 4.04. The number of rotatable bonds is 4. The molecule has 1 aliphatic carbocycles. The Morgan fingerprint density at radius 1 is 0.967 bits per heavy atom. The highest BCUT2D eigenvalue weighted by molar-refractivity contribution is 5.97. The largest absolute Gasteiger partial charge is 0.392 e. The van der Waals surface area contributed by atoms with Gasteiger partial charge < -0.3 is 16.0 Å². The van der Waals surface area contributed by atoms with Gasteiger partial charge in [-0.2, -0.15) is 0 Å². The van der Waals surface area contributed by atoms with Crippen LogP contribution in [0.15, 0.2) is 58.1 Å². The van der Waals surface area contributed by atoms with Gasteiger partial charge in [-0.15, -0.1) is 0 Å². The first-order valence-electron chi connectivity index (χ1n) is 10.0. The first kappa shape index (κ1) is 19.7. The molecule has 1 aromatic heterocycles. The minimum Gasteiger partial charge on any atom is -0.392 e. The number of aromatic amines is 2. The van der Waals surface area contributed by atoms with E-state index in [2.05, 4.69) is 65.8 Å².